The number of carbonyl (C=O) groups excluding carboxylic acids is 1. The fourth-order valence-electron chi connectivity index (χ4n) is 4.38. The quantitative estimate of drug-likeness (QED) is 0.360. The van der Waals surface area contributed by atoms with E-state index in [1.54, 1.807) is 11.8 Å². The monoisotopic (exact) mass is 394 g/mol. The molecule has 148 valence electrons. The Hall–Kier alpha value is -1.94. The van der Waals surface area contributed by atoms with Crippen LogP contribution in [0.25, 0.3) is 21.8 Å². The zero-order valence-electron chi connectivity index (χ0n) is 17.0. The van der Waals surface area contributed by atoms with Gasteiger partial charge in [-0.1, -0.05) is 25.8 Å². The van der Waals surface area contributed by atoms with Gasteiger partial charge in [0.1, 0.15) is 0 Å². The highest BCUT2D eigenvalue weighted by Crippen LogP contribution is 2.33. The number of rotatable bonds is 6. The predicted octanol–water partition coefficient (Wildman–Crippen LogP) is 6.33. The fourth-order valence-corrected chi connectivity index (χ4v) is 4.81. The van der Waals surface area contributed by atoms with Gasteiger partial charge in [-0.2, -0.15) is 0 Å². The zero-order valence-corrected chi connectivity index (χ0v) is 17.9. The Balaban J connectivity index is 1.79. The number of hydrogen-bond acceptors (Lipinski definition) is 2. The maximum absolute atomic E-state index is 13.0. The Morgan fingerprint density at radius 1 is 0.964 bits per heavy atom. The average molecular weight is 395 g/mol. The van der Waals surface area contributed by atoms with E-state index in [-0.39, 0.29) is 5.91 Å². The molecule has 0 atom stereocenters. The summed E-state index contributed by atoms with van der Waals surface area (Å²) in [5.74, 6) is 0.189. The lowest BCUT2D eigenvalue weighted by atomic mass is 10.1. The Morgan fingerprint density at radius 2 is 1.79 bits per heavy atom. The molecule has 1 saturated heterocycles. The zero-order chi connectivity index (χ0) is 19.5. The van der Waals surface area contributed by atoms with Gasteiger partial charge in [0, 0.05) is 46.4 Å². The molecule has 0 radical (unpaired) electrons. The molecule has 2 aromatic carbocycles. The van der Waals surface area contributed by atoms with E-state index in [1.807, 2.05) is 11.0 Å². The molecule has 1 aromatic heterocycles. The van der Waals surface area contributed by atoms with Gasteiger partial charge in [-0.05, 0) is 62.3 Å². The van der Waals surface area contributed by atoms with Crippen molar-refractivity contribution in [2.45, 2.75) is 56.9 Å². The minimum absolute atomic E-state index is 0.189. The van der Waals surface area contributed by atoms with Crippen molar-refractivity contribution in [3.05, 3.63) is 42.0 Å². The molecule has 0 N–H and O–H groups in total. The number of carbonyl (C=O) groups is 1. The van der Waals surface area contributed by atoms with Crippen LogP contribution in [-0.4, -0.2) is 34.7 Å². The second-order valence-electron chi connectivity index (χ2n) is 7.83. The highest BCUT2D eigenvalue weighted by Gasteiger charge is 2.20. The third-order valence-corrected chi connectivity index (χ3v) is 6.67. The Kier molecular flexibility index (Phi) is 5.96. The summed E-state index contributed by atoms with van der Waals surface area (Å²) in [6, 6.07) is 13.1. The molecular formula is C24H30N2OS. The highest BCUT2D eigenvalue weighted by molar-refractivity contribution is 7.98. The lowest BCUT2D eigenvalue weighted by Crippen LogP contribution is -2.35. The smallest absolute Gasteiger partial charge is 0.253 e. The number of nitrogens with zero attached hydrogens (tertiary/aromatic N) is 2. The van der Waals surface area contributed by atoms with E-state index in [4.69, 9.17) is 0 Å². The summed E-state index contributed by atoms with van der Waals surface area (Å²) in [5.41, 5.74) is 3.37. The first-order valence-corrected chi connectivity index (χ1v) is 11.8. The lowest BCUT2D eigenvalue weighted by molar-refractivity contribution is 0.0724. The van der Waals surface area contributed by atoms with Crippen molar-refractivity contribution < 1.29 is 4.79 Å². The van der Waals surface area contributed by atoms with E-state index in [1.165, 1.54) is 52.4 Å². The molecule has 1 amide bonds. The Labute approximate surface area is 172 Å². The number of aryl methyl sites for hydroxylation is 1. The number of aromatic nitrogens is 1. The normalized spacial score (nSPS) is 14.9. The molecule has 0 aliphatic carbocycles. The van der Waals surface area contributed by atoms with Gasteiger partial charge < -0.3 is 9.47 Å². The van der Waals surface area contributed by atoms with Crippen molar-refractivity contribution in [1.29, 1.82) is 0 Å². The van der Waals surface area contributed by atoms with E-state index < -0.39 is 0 Å². The number of thioether (sulfide) groups is 1. The summed E-state index contributed by atoms with van der Waals surface area (Å²) in [4.78, 5) is 16.3. The van der Waals surface area contributed by atoms with Crippen LogP contribution >= 0.6 is 11.8 Å². The number of piperidine rings is 1. The second-order valence-corrected chi connectivity index (χ2v) is 8.71. The van der Waals surface area contributed by atoms with E-state index in [0.717, 1.165) is 38.0 Å². The summed E-state index contributed by atoms with van der Waals surface area (Å²) >= 11 is 1.78. The molecule has 4 heteroatoms. The summed E-state index contributed by atoms with van der Waals surface area (Å²) in [6.45, 7) is 5.07. The third kappa shape index (κ3) is 3.67. The van der Waals surface area contributed by atoms with Crippen LogP contribution in [0.5, 0.6) is 0 Å². The van der Waals surface area contributed by atoms with Crippen LogP contribution in [-0.2, 0) is 6.54 Å². The van der Waals surface area contributed by atoms with Crippen molar-refractivity contribution in [2.24, 2.45) is 0 Å². The van der Waals surface area contributed by atoms with Gasteiger partial charge >= 0.3 is 0 Å². The predicted molar refractivity (Wildman–Crippen MR) is 121 cm³/mol. The number of unbranched alkanes of at least 4 members (excludes halogenated alkanes) is 2. The van der Waals surface area contributed by atoms with Gasteiger partial charge in [-0.25, -0.2) is 0 Å². The van der Waals surface area contributed by atoms with E-state index >= 15 is 0 Å². The molecule has 0 unspecified atom stereocenters. The summed E-state index contributed by atoms with van der Waals surface area (Å²) in [7, 11) is 0. The molecule has 0 bridgehead atoms. The van der Waals surface area contributed by atoms with E-state index in [9.17, 15) is 4.79 Å². The average Bonchev–Trinajstić information content (AvgIpc) is 3.06. The number of hydrogen-bond donors (Lipinski definition) is 0. The standard InChI is InChI=1S/C24H30N2OS/c1-3-4-6-15-26-22-12-9-18(24(27)25-13-7-5-8-14-25)16-21(22)20-11-10-19(28-2)17-23(20)26/h9-12,16-17H,3-8,13-15H2,1-2H3. The van der Waals surface area contributed by atoms with E-state index in [2.05, 4.69) is 48.1 Å². The highest BCUT2D eigenvalue weighted by atomic mass is 32.2. The molecule has 1 aliphatic heterocycles. The van der Waals surface area contributed by atoms with Crippen molar-refractivity contribution in [3.8, 4) is 0 Å². The molecule has 3 aromatic rings. The Morgan fingerprint density at radius 3 is 2.54 bits per heavy atom. The molecular weight excluding hydrogens is 364 g/mol. The first-order valence-electron chi connectivity index (χ1n) is 10.6. The first-order chi connectivity index (χ1) is 13.7. The molecule has 1 aliphatic rings. The van der Waals surface area contributed by atoms with Crippen LogP contribution in [0, 0.1) is 0 Å². The maximum Gasteiger partial charge on any atom is 0.253 e. The van der Waals surface area contributed by atoms with Crippen LogP contribution in [0.2, 0.25) is 0 Å². The van der Waals surface area contributed by atoms with Crippen LogP contribution in [0.1, 0.15) is 55.8 Å². The van der Waals surface area contributed by atoms with Crippen LogP contribution < -0.4 is 0 Å². The van der Waals surface area contributed by atoms with Gasteiger partial charge in [0.25, 0.3) is 5.91 Å². The third-order valence-electron chi connectivity index (χ3n) is 5.95. The van der Waals surface area contributed by atoms with Crippen molar-refractivity contribution in [1.82, 2.24) is 9.47 Å². The van der Waals surface area contributed by atoms with Gasteiger partial charge in [-0.15, -0.1) is 11.8 Å². The van der Waals surface area contributed by atoms with Crippen molar-refractivity contribution >= 4 is 39.5 Å². The van der Waals surface area contributed by atoms with Gasteiger partial charge in [-0.3, -0.25) is 4.79 Å². The molecule has 0 saturated carbocycles. The summed E-state index contributed by atoms with van der Waals surface area (Å²) < 4.78 is 2.45. The fraction of sp³-hybridized carbons (Fsp3) is 0.458. The Bertz CT molecular complexity index is 985. The molecule has 0 spiro atoms. The molecule has 2 heterocycles. The molecule has 1 fully saturated rings. The summed E-state index contributed by atoms with van der Waals surface area (Å²) in [6.07, 6.45) is 9.28. The van der Waals surface area contributed by atoms with Crippen molar-refractivity contribution in [2.75, 3.05) is 19.3 Å². The largest absolute Gasteiger partial charge is 0.340 e. The van der Waals surface area contributed by atoms with Crippen molar-refractivity contribution in [3.63, 3.8) is 0 Å². The molecule has 28 heavy (non-hydrogen) atoms. The summed E-state index contributed by atoms with van der Waals surface area (Å²) in [5, 5.41) is 2.47. The SMILES string of the molecule is CCCCCn1c2ccc(C(=O)N3CCCCC3)cc2c2ccc(SC)cc21. The maximum atomic E-state index is 13.0. The van der Waals surface area contributed by atoms with Crippen LogP contribution in [0.3, 0.4) is 0 Å². The van der Waals surface area contributed by atoms with Crippen LogP contribution in [0.15, 0.2) is 41.3 Å². The first kappa shape index (κ1) is 19.4. The lowest BCUT2D eigenvalue weighted by Gasteiger charge is -2.26. The topological polar surface area (TPSA) is 25.2 Å². The van der Waals surface area contributed by atoms with E-state index in [0.29, 0.717) is 0 Å². The number of benzene rings is 2. The second kappa shape index (κ2) is 8.60. The van der Waals surface area contributed by atoms with Gasteiger partial charge in [0.05, 0.1) is 5.52 Å². The molecule has 4 rings (SSSR count). The number of fused-ring (bicyclic) bond motifs is 3. The minimum Gasteiger partial charge on any atom is -0.340 e. The van der Waals surface area contributed by atoms with Crippen LogP contribution in [0.4, 0.5) is 0 Å². The number of likely N-dealkylation sites (tertiary alicyclic amines) is 1. The molecule has 3 nitrogen and oxygen atoms in total. The number of amides is 1. The van der Waals surface area contributed by atoms with Gasteiger partial charge in [0.2, 0.25) is 0 Å². The minimum atomic E-state index is 0.189. The van der Waals surface area contributed by atoms with Gasteiger partial charge in [0.15, 0.2) is 0 Å².